The van der Waals surface area contributed by atoms with Crippen molar-refractivity contribution in [1.82, 2.24) is 5.32 Å². The maximum Gasteiger partial charge on any atom is 0.0412 e. The molecule has 0 unspecified atom stereocenters. The van der Waals surface area contributed by atoms with E-state index in [0.717, 1.165) is 24.0 Å². The van der Waals surface area contributed by atoms with E-state index < -0.39 is 0 Å². The van der Waals surface area contributed by atoms with Gasteiger partial charge in [-0.05, 0) is 59.7 Å². The van der Waals surface area contributed by atoms with Crippen molar-refractivity contribution >= 4 is 11.6 Å². The lowest BCUT2D eigenvalue weighted by Gasteiger charge is -2.28. The molecule has 0 spiro atoms. The highest BCUT2D eigenvalue weighted by Gasteiger charge is 2.23. The molecule has 1 saturated carbocycles. The van der Waals surface area contributed by atoms with E-state index in [1.54, 1.807) is 0 Å². The molecule has 2 aromatic carbocycles. The van der Waals surface area contributed by atoms with E-state index in [1.807, 2.05) is 6.07 Å². The van der Waals surface area contributed by atoms with E-state index in [1.165, 1.54) is 41.5 Å². The average molecular weight is 300 g/mol. The molecule has 0 aliphatic heterocycles. The molecule has 110 valence electrons. The average Bonchev–Trinajstić information content (AvgIpc) is 2.45. The second-order valence-corrected chi connectivity index (χ2v) is 6.23. The van der Waals surface area contributed by atoms with Crippen molar-refractivity contribution in [2.24, 2.45) is 0 Å². The van der Waals surface area contributed by atoms with E-state index in [2.05, 4.69) is 48.6 Å². The number of benzene rings is 2. The summed E-state index contributed by atoms with van der Waals surface area (Å²) in [5, 5.41) is 4.24. The summed E-state index contributed by atoms with van der Waals surface area (Å²) >= 11 is 6.26. The lowest BCUT2D eigenvalue weighted by atomic mass is 9.77. The van der Waals surface area contributed by atoms with Gasteiger partial charge in [0.25, 0.3) is 0 Å². The van der Waals surface area contributed by atoms with Crippen LogP contribution in [0.1, 0.15) is 43.2 Å². The Bertz CT molecular complexity index is 617. The summed E-state index contributed by atoms with van der Waals surface area (Å²) in [6.07, 6.45) is 4.00. The summed E-state index contributed by atoms with van der Waals surface area (Å²) in [6.45, 7) is 4.01. The summed E-state index contributed by atoms with van der Waals surface area (Å²) in [6, 6.07) is 15.1. The van der Waals surface area contributed by atoms with Crippen molar-refractivity contribution in [2.75, 3.05) is 6.54 Å². The van der Waals surface area contributed by atoms with Gasteiger partial charge in [0.2, 0.25) is 0 Å². The first-order valence-corrected chi connectivity index (χ1v) is 8.26. The smallest absolute Gasteiger partial charge is 0.0412 e. The number of hydrogen-bond donors (Lipinski definition) is 1. The van der Waals surface area contributed by atoms with Crippen molar-refractivity contribution in [3.05, 3.63) is 58.6 Å². The van der Waals surface area contributed by atoms with Crippen molar-refractivity contribution in [3.8, 4) is 11.1 Å². The predicted octanol–water partition coefficient (Wildman–Crippen LogP) is 5.38. The second kappa shape index (κ2) is 6.64. The van der Waals surface area contributed by atoms with Gasteiger partial charge in [-0.25, -0.2) is 0 Å². The highest BCUT2D eigenvalue weighted by molar-refractivity contribution is 6.30. The third-order valence-electron chi connectivity index (χ3n) is 4.43. The van der Waals surface area contributed by atoms with Gasteiger partial charge in [-0.15, -0.1) is 0 Å². The maximum absolute atomic E-state index is 6.26. The minimum atomic E-state index is 0.729. The SMILES string of the molecule is CCNCc1ccc(Cl)cc1-c1ccccc1C1CCC1. The lowest BCUT2D eigenvalue weighted by Crippen LogP contribution is -2.13. The van der Waals surface area contributed by atoms with E-state index in [0.29, 0.717) is 0 Å². The summed E-state index contributed by atoms with van der Waals surface area (Å²) in [5.74, 6) is 0.729. The zero-order valence-corrected chi connectivity index (χ0v) is 13.3. The van der Waals surface area contributed by atoms with Gasteiger partial charge in [-0.2, -0.15) is 0 Å². The van der Waals surface area contributed by atoms with E-state index in [4.69, 9.17) is 11.6 Å². The first-order chi connectivity index (χ1) is 10.3. The largest absolute Gasteiger partial charge is 0.313 e. The molecule has 0 radical (unpaired) electrons. The third kappa shape index (κ3) is 3.14. The Balaban J connectivity index is 2.04. The Kier molecular flexibility index (Phi) is 4.62. The Labute approximate surface area is 132 Å². The van der Waals surface area contributed by atoms with Crippen LogP contribution in [0.5, 0.6) is 0 Å². The summed E-state index contributed by atoms with van der Waals surface area (Å²) < 4.78 is 0. The van der Waals surface area contributed by atoms with Gasteiger partial charge in [-0.3, -0.25) is 0 Å². The standard InChI is InChI=1S/C19H22ClN/c1-2-21-13-15-10-11-16(20)12-19(15)18-9-4-3-8-17(18)14-6-5-7-14/h3-4,8-12,14,21H,2,5-7,13H2,1H3. The molecule has 1 aliphatic rings. The fourth-order valence-electron chi connectivity index (χ4n) is 3.03. The molecule has 1 fully saturated rings. The fraction of sp³-hybridized carbons (Fsp3) is 0.368. The monoisotopic (exact) mass is 299 g/mol. The molecule has 2 aromatic rings. The molecule has 0 heterocycles. The number of hydrogen-bond acceptors (Lipinski definition) is 1. The van der Waals surface area contributed by atoms with Gasteiger partial charge in [0.15, 0.2) is 0 Å². The summed E-state index contributed by atoms with van der Waals surface area (Å²) in [5.41, 5.74) is 5.46. The van der Waals surface area contributed by atoms with Crippen LogP contribution < -0.4 is 5.32 Å². The number of rotatable bonds is 5. The highest BCUT2D eigenvalue weighted by Crippen LogP contribution is 2.42. The van der Waals surface area contributed by atoms with Gasteiger partial charge in [0, 0.05) is 11.6 Å². The van der Waals surface area contributed by atoms with Crippen LogP contribution in [0.2, 0.25) is 5.02 Å². The predicted molar refractivity (Wildman–Crippen MR) is 90.9 cm³/mol. The molecule has 21 heavy (non-hydrogen) atoms. The molecule has 2 heteroatoms. The molecule has 1 N–H and O–H groups in total. The van der Waals surface area contributed by atoms with E-state index in [-0.39, 0.29) is 0 Å². The van der Waals surface area contributed by atoms with Crippen molar-refractivity contribution in [3.63, 3.8) is 0 Å². The Morgan fingerprint density at radius 2 is 1.90 bits per heavy atom. The first kappa shape index (κ1) is 14.6. The molecular weight excluding hydrogens is 278 g/mol. The lowest BCUT2D eigenvalue weighted by molar-refractivity contribution is 0.420. The molecule has 0 aromatic heterocycles. The van der Waals surface area contributed by atoms with Crippen molar-refractivity contribution in [1.29, 1.82) is 0 Å². The van der Waals surface area contributed by atoms with E-state index >= 15 is 0 Å². The zero-order valence-electron chi connectivity index (χ0n) is 12.5. The number of nitrogens with one attached hydrogen (secondary N) is 1. The van der Waals surface area contributed by atoms with Crippen molar-refractivity contribution in [2.45, 2.75) is 38.6 Å². The van der Waals surface area contributed by atoms with Crippen LogP contribution in [0.3, 0.4) is 0 Å². The number of halogens is 1. The minimum Gasteiger partial charge on any atom is -0.313 e. The van der Waals surface area contributed by atoms with Gasteiger partial charge in [0.05, 0.1) is 0 Å². The Morgan fingerprint density at radius 3 is 2.62 bits per heavy atom. The Morgan fingerprint density at radius 1 is 1.10 bits per heavy atom. The van der Waals surface area contributed by atoms with Crippen LogP contribution in [0, 0.1) is 0 Å². The maximum atomic E-state index is 6.26. The van der Waals surface area contributed by atoms with Gasteiger partial charge < -0.3 is 5.32 Å². The van der Waals surface area contributed by atoms with Crippen LogP contribution in [-0.2, 0) is 6.54 Å². The van der Waals surface area contributed by atoms with Crippen LogP contribution in [0.15, 0.2) is 42.5 Å². The molecule has 1 nitrogen and oxygen atoms in total. The second-order valence-electron chi connectivity index (χ2n) is 5.80. The molecule has 0 bridgehead atoms. The molecule has 3 rings (SSSR count). The fourth-order valence-corrected chi connectivity index (χ4v) is 3.20. The third-order valence-corrected chi connectivity index (χ3v) is 4.67. The quantitative estimate of drug-likeness (QED) is 0.781. The minimum absolute atomic E-state index is 0.729. The molecule has 0 amide bonds. The van der Waals surface area contributed by atoms with Gasteiger partial charge in [-0.1, -0.05) is 55.3 Å². The van der Waals surface area contributed by atoms with Crippen LogP contribution >= 0.6 is 11.6 Å². The van der Waals surface area contributed by atoms with Crippen LogP contribution in [0.4, 0.5) is 0 Å². The highest BCUT2D eigenvalue weighted by atomic mass is 35.5. The van der Waals surface area contributed by atoms with Crippen LogP contribution in [-0.4, -0.2) is 6.54 Å². The topological polar surface area (TPSA) is 12.0 Å². The first-order valence-electron chi connectivity index (χ1n) is 7.88. The molecule has 1 aliphatic carbocycles. The summed E-state index contributed by atoms with van der Waals surface area (Å²) in [7, 11) is 0. The van der Waals surface area contributed by atoms with Gasteiger partial charge in [0.1, 0.15) is 0 Å². The molecule has 0 saturated heterocycles. The van der Waals surface area contributed by atoms with Gasteiger partial charge >= 0.3 is 0 Å². The van der Waals surface area contributed by atoms with Crippen molar-refractivity contribution < 1.29 is 0 Å². The summed E-state index contributed by atoms with van der Waals surface area (Å²) in [4.78, 5) is 0. The molecular formula is C19H22ClN. The zero-order chi connectivity index (χ0) is 14.7. The van der Waals surface area contributed by atoms with Crippen LogP contribution in [0.25, 0.3) is 11.1 Å². The van der Waals surface area contributed by atoms with E-state index in [9.17, 15) is 0 Å². The molecule has 0 atom stereocenters. The normalized spacial score (nSPS) is 15.0. The Hall–Kier alpha value is -1.31.